The lowest BCUT2D eigenvalue weighted by atomic mass is 10.1. The molecule has 0 saturated heterocycles. The standard InChI is InChI=1S/C31H39N3O4S2/c1-6-29(31(36)32-23(2)3)33(21-20-25-10-8-7-9-11-25)30(35)22-34(26-14-12-24(4)13-15-26)40(37,38)28-18-16-27(39-5)17-19-28/h7-19,23,29H,6,20-22H2,1-5H3,(H,32,36)/t29-/m0/s1. The first-order chi connectivity index (χ1) is 19.1. The van der Waals surface area contributed by atoms with Crippen LogP contribution >= 0.6 is 11.8 Å². The van der Waals surface area contributed by atoms with Gasteiger partial charge in [-0.2, -0.15) is 0 Å². The molecular formula is C31H39N3O4S2. The molecule has 0 unspecified atom stereocenters. The lowest BCUT2D eigenvalue weighted by molar-refractivity contribution is -0.139. The summed E-state index contributed by atoms with van der Waals surface area (Å²) in [6.45, 7) is 7.35. The maximum absolute atomic E-state index is 14.0. The topological polar surface area (TPSA) is 86.8 Å². The van der Waals surface area contributed by atoms with Crippen molar-refractivity contribution < 1.29 is 18.0 Å². The van der Waals surface area contributed by atoms with Gasteiger partial charge in [0.05, 0.1) is 10.6 Å². The van der Waals surface area contributed by atoms with Gasteiger partial charge in [-0.3, -0.25) is 13.9 Å². The van der Waals surface area contributed by atoms with Gasteiger partial charge in [-0.15, -0.1) is 11.8 Å². The molecule has 214 valence electrons. The Balaban J connectivity index is 2.00. The van der Waals surface area contributed by atoms with Gasteiger partial charge in [0.15, 0.2) is 0 Å². The minimum atomic E-state index is -4.08. The van der Waals surface area contributed by atoms with E-state index in [1.165, 1.54) is 16.7 Å². The third kappa shape index (κ3) is 8.11. The molecule has 0 aliphatic heterocycles. The van der Waals surface area contributed by atoms with Gasteiger partial charge in [-0.25, -0.2) is 8.42 Å². The van der Waals surface area contributed by atoms with Gasteiger partial charge in [0.25, 0.3) is 10.0 Å². The fourth-order valence-electron chi connectivity index (χ4n) is 4.39. The summed E-state index contributed by atoms with van der Waals surface area (Å²) in [4.78, 5) is 29.8. The van der Waals surface area contributed by atoms with Crippen LogP contribution in [0.2, 0.25) is 0 Å². The molecule has 0 aliphatic rings. The van der Waals surface area contributed by atoms with E-state index in [-0.39, 0.29) is 23.4 Å². The summed E-state index contributed by atoms with van der Waals surface area (Å²) in [5, 5.41) is 2.92. The Morgan fingerprint density at radius 3 is 2.10 bits per heavy atom. The summed E-state index contributed by atoms with van der Waals surface area (Å²) < 4.78 is 29.0. The van der Waals surface area contributed by atoms with Gasteiger partial charge >= 0.3 is 0 Å². The molecule has 40 heavy (non-hydrogen) atoms. The van der Waals surface area contributed by atoms with E-state index in [9.17, 15) is 18.0 Å². The lowest BCUT2D eigenvalue weighted by Gasteiger charge is -2.33. The minimum Gasteiger partial charge on any atom is -0.352 e. The number of nitrogens with zero attached hydrogens (tertiary/aromatic N) is 2. The molecule has 0 radical (unpaired) electrons. The number of rotatable bonds is 13. The summed E-state index contributed by atoms with van der Waals surface area (Å²) in [6.07, 6.45) is 2.85. The Kier molecular flexibility index (Phi) is 11.2. The average molecular weight is 582 g/mol. The Hall–Kier alpha value is -3.30. The molecular weight excluding hydrogens is 542 g/mol. The van der Waals surface area contributed by atoms with Crippen molar-refractivity contribution in [2.24, 2.45) is 0 Å². The molecule has 3 aromatic carbocycles. The van der Waals surface area contributed by atoms with Gasteiger partial charge < -0.3 is 10.2 Å². The molecule has 9 heteroatoms. The molecule has 0 spiro atoms. The number of hydrogen-bond donors (Lipinski definition) is 1. The van der Waals surface area contributed by atoms with Gasteiger partial charge in [-0.1, -0.05) is 55.0 Å². The fraction of sp³-hybridized carbons (Fsp3) is 0.355. The third-order valence-electron chi connectivity index (χ3n) is 6.55. The van der Waals surface area contributed by atoms with Crippen molar-refractivity contribution in [3.05, 3.63) is 90.0 Å². The molecule has 0 fully saturated rings. The van der Waals surface area contributed by atoms with Gasteiger partial charge in [0.2, 0.25) is 11.8 Å². The maximum atomic E-state index is 14.0. The van der Waals surface area contributed by atoms with Gasteiger partial charge in [-0.05, 0) is 81.8 Å². The second-order valence-corrected chi connectivity index (χ2v) is 12.7. The molecule has 1 atom stereocenters. The molecule has 0 aromatic heterocycles. The van der Waals surface area contributed by atoms with E-state index in [1.54, 1.807) is 36.4 Å². The molecule has 0 aliphatic carbocycles. The van der Waals surface area contributed by atoms with Crippen LogP contribution in [0.4, 0.5) is 5.69 Å². The molecule has 2 amide bonds. The number of aryl methyl sites for hydroxylation is 1. The van der Waals surface area contributed by atoms with Crippen LogP contribution in [0.5, 0.6) is 0 Å². The normalized spacial score (nSPS) is 12.2. The quantitative estimate of drug-likeness (QED) is 0.277. The van der Waals surface area contributed by atoms with Crippen molar-refractivity contribution >= 4 is 39.3 Å². The van der Waals surface area contributed by atoms with E-state index in [2.05, 4.69) is 5.32 Å². The molecule has 3 aromatic rings. The fourth-order valence-corrected chi connectivity index (χ4v) is 6.21. The van der Waals surface area contributed by atoms with Crippen LogP contribution in [-0.2, 0) is 26.0 Å². The van der Waals surface area contributed by atoms with Crippen molar-refractivity contribution in [3.8, 4) is 0 Å². The van der Waals surface area contributed by atoms with Crippen molar-refractivity contribution in [2.75, 3.05) is 23.7 Å². The largest absolute Gasteiger partial charge is 0.352 e. The zero-order valence-electron chi connectivity index (χ0n) is 23.8. The van der Waals surface area contributed by atoms with Crippen molar-refractivity contribution in [2.45, 2.75) is 62.4 Å². The number of carbonyl (C=O) groups excluding carboxylic acids is 2. The second-order valence-electron chi connectivity index (χ2n) is 9.93. The van der Waals surface area contributed by atoms with Crippen molar-refractivity contribution in [1.82, 2.24) is 10.2 Å². The number of sulfonamides is 1. The first kappa shape index (κ1) is 31.2. The predicted molar refractivity (Wildman–Crippen MR) is 163 cm³/mol. The highest BCUT2D eigenvalue weighted by Gasteiger charge is 2.33. The predicted octanol–water partition coefficient (Wildman–Crippen LogP) is 5.29. The minimum absolute atomic E-state index is 0.0960. The Bertz CT molecular complexity index is 1360. The molecule has 0 bridgehead atoms. The average Bonchev–Trinajstić information content (AvgIpc) is 2.94. The number of thioether (sulfide) groups is 1. The second kappa shape index (κ2) is 14.4. The van der Waals surface area contributed by atoms with Gasteiger partial charge in [0.1, 0.15) is 12.6 Å². The van der Waals surface area contributed by atoms with E-state index in [0.717, 1.165) is 20.3 Å². The molecule has 0 heterocycles. The van der Waals surface area contributed by atoms with Crippen LogP contribution < -0.4 is 9.62 Å². The van der Waals surface area contributed by atoms with Gasteiger partial charge in [0, 0.05) is 17.5 Å². The van der Waals surface area contributed by atoms with E-state index >= 15 is 0 Å². The van der Waals surface area contributed by atoms with E-state index in [4.69, 9.17) is 0 Å². The SMILES string of the molecule is CC[C@@H](C(=O)NC(C)C)N(CCc1ccccc1)C(=O)CN(c1ccc(C)cc1)S(=O)(=O)c1ccc(SC)cc1. The maximum Gasteiger partial charge on any atom is 0.264 e. The van der Waals surface area contributed by atoms with E-state index < -0.39 is 28.5 Å². The summed E-state index contributed by atoms with van der Waals surface area (Å²) in [5.41, 5.74) is 2.38. The Labute approximate surface area is 243 Å². The smallest absolute Gasteiger partial charge is 0.264 e. The van der Waals surface area contributed by atoms with Crippen LogP contribution in [0, 0.1) is 6.92 Å². The molecule has 7 nitrogen and oxygen atoms in total. The summed E-state index contributed by atoms with van der Waals surface area (Å²) in [7, 11) is -4.08. The van der Waals surface area contributed by atoms with Crippen LogP contribution in [0.3, 0.4) is 0 Å². The number of anilines is 1. The number of carbonyl (C=O) groups is 2. The van der Waals surface area contributed by atoms with Crippen molar-refractivity contribution in [1.29, 1.82) is 0 Å². The first-order valence-corrected chi connectivity index (χ1v) is 16.1. The Morgan fingerprint density at radius 2 is 1.55 bits per heavy atom. The zero-order valence-corrected chi connectivity index (χ0v) is 25.5. The van der Waals surface area contributed by atoms with Crippen LogP contribution in [0.15, 0.2) is 88.7 Å². The highest BCUT2D eigenvalue weighted by Crippen LogP contribution is 2.26. The lowest BCUT2D eigenvalue weighted by Crippen LogP contribution is -2.54. The highest BCUT2D eigenvalue weighted by molar-refractivity contribution is 7.98. The summed E-state index contributed by atoms with van der Waals surface area (Å²) in [6, 6.07) is 22.6. The number of hydrogen-bond acceptors (Lipinski definition) is 5. The van der Waals surface area contributed by atoms with Crippen LogP contribution in [0.1, 0.15) is 38.3 Å². The zero-order chi connectivity index (χ0) is 29.3. The van der Waals surface area contributed by atoms with Crippen LogP contribution in [0.25, 0.3) is 0 Å². The van der Waals surface area contributed by atoms with E-state index in [0.29, 0.717) is 18.5 Å². The summed E-state index contributed by atoms with van der Waals surface area (Å²) >= 11 is 1.52. The highest BCUT2D eigenvalue weighted by atomic mass is 32.2. The van der Waals surface area contributed by atoms with Crippen molar-refractivity contribution in [3.63, 3.8) is 0 Å². The molecule has 3 rings (SSSR count). The summed E-state index contributed by atoms with van der Waals surface area (Å²) in [5.74, 6) is -0.692. The van der Waals surface area contributed by atoms with Crippen LogP contribution in [-0.4, -0.2) is 56.6 Å². The third-order valence-corrected chi connectivity index (χ3v) is 9.08. The first-order valence-electron chi connectivity index (χ1n) is 13.4. The molecule has 1 N–H and O–H groups in total. The Morgan fingerprint density at radius 1 is 0.925 bits per heavy atom. The van der Waals surface area contributed by atoms with E-state index in [1.807, 2.05) is 76.4 Å². The monoisotopic (exact) mass is 581 g/mol. The number of benzene rings is 3. The molecule has 0 saturated carbocycles. The number of amides is 2. The number of nitrogens with one attached hydrogen (secondary N) is 1.